The van der Waals surface area contributed by atoms with Gasteiger partial charge in [-0.15, -0.1) is 0 Å². The molecule has 1 atom stereocenters. The third-order valence-corrected chi connectivity index (χ3v) is 5.78. The van der Waals surface area contributed by atoms with E-state index in [0.29, 0.717) is 18.9 Å². The lowest BCUT2D eigenvalue weighted by Crippen LogP contribution is -2.37. The van der Waals surface area contributed by atoms with Crippen molar-refractivity contribution >= 4 is 5.78 Å². The Labute approximate surface area is 154 Å². The molecular formula is C22H36N2O. The van der Waals surface area contributed by atoms with Crippen molar-refractivity contribution in [3.8, 4) is 0 Å². The van der Waals surface area contributed by atoms with Gasteiger partial charge in [0.1, 0.15) is 0 Å². The van der Waals surface area contributed by atoms with Gasteiger partial charge < -0.3 is 10.6 Å². The number of carbonyl (C=O) groups excluding carboxylic acids is 1. The quantitative estimate of drug-likeness (QED) is 0.629. The van der Waals surface area contributed by atoms with Crippen molar-refractivity contribution in [3.63, 3.8) is 0 Å². The van der Waals surface area contributed by atoms with E-state index < -0.39 is 0 Å². The van der Waals surface area contributed by atoms with Crippen LogP contribution in [0.15, 0.2) is 24.3 Å². The summed E-state index contributed by atoms with van der Waals surface area (Å²) in [7, 11) is 0. The van der Waals surface area contributed by atoms with E-state index >= 15 is 0 Å². The zero-order chi connectivity index (χ0) is 18.1. The molecule has 0 aromatic heterocycles. The molecule has 2 rings (SSSR count). The lowest BCUT2D eigenvalue weighted by atomic mass is 9.89. The first-order chi connectivity index (χ1) is 12.2. The molecule has 1 aliphatic heterocycles. The predicted molar refractivity (Wildman–Crippen MR) is 106 cm³/mol. The molecule has 1 heterocycles. The molecule has 0 radical (unpaired) electrons. The largest absolute Gasteiger partial charge is 0.326 e. The van der Waals surface area contributed by atoms with E-state index in [1.54, 1.807) is 0 Å². The SMILES string of the molecule is CCCCC1CCN(CC(CC)CC(=O)c2ccccc2CN)CC1. The van der Waals surface area contributed by atoms with Crippen LogP contribution in [-0.4, -0.2) is 30.3 Å². The van der Waals surface area contributed by atoms with Crippen molar-refractivity contribution in [3.05, 3.63) is 35.4 Å². The van der Waals surface area contributed by atoms with Gasteiger partial charge in [-0.05, 0) is 43.3 Å². The monoisotopic (exact) mass is 344 g/mol. The van der Waals surface area contributed by atoms with Gasteiger partial charge in [0.25, 0.3) is 0 Å². The molecule has 0 bridgehead atoms. The number of hydrogen-bond acceptors (Lipinski definition) is 3. The first kappa shape index (κ1) is 20.1. The van der Waals surface area contributed by atoms with Gasteiger partial charge in [0.15, 0.2) is 5.78 Å². The second kappa shape index (κ2) is 10.7. The second-order valence-electron chi connectivity index (χ2n) is 7.65. The summed E-state index contributed by atoms with van der Waals surface area (Å²) >= 11 is 0. The summed E-state index contributed by atoms with van der Waals surface area (Å²) in [5, 5.41) is 0. The summed E-state index contributed by atoms with van der Waals surface area (Å²) in [5.74, 6) is 1.63. The summed E-state index contributed by atoms with van der Waals surface area (Å²) in [4.78, 5) is 15.3. The maximum Gasteiger partial charge on any atom is 0.163 e. The van der Waals surface area contributed by atoms with Crippen LogP contribution >= 0.6 is 0 Å². The highest BCUT2D eigenvalue weighted by Crippen LogP contribution is 2.24. The van der Waals surface area contributed by atoms with Gasteiger partial charge in [0, 0.05) is 25.1 Å². The maximum absolute atomic E-state index is 12.7. The fraction of sp³-hybridized carbons (Fsp3) is 0.682. The normalized spacial score (nSPS) is 17.6. The molecule has 2 N–H and O–H groups in total. The van der Waals surface area contributed by atoms with Crippen LogP contribution < -0.4 is 5.73 Å². The molecule has 1 aliphatic rings. The predicted octanol–water partition coefficient (Wildman–Crippen LogP) is 4.65. The second-order valence-corrected chi connectivity index (χ2v) is 7.65. The summed E-state index contributed by atoms with van der Waals surface area (Å²) < 4.78 is 0. The Kier molecular flexibility index (Phi) is 8.63. The van der Waals surface area contributed by atoms with Crippen molar-refractivity contribution in [1.29, 1.82) is 0 Å². The van der Waals surface area contributed by atoms with E-state index in [1.165, 1.54) is 45.2 Å². The van der Waals surface area contributed by atoms with Crippen LogP contribution in [0.2, 0.25) is 0 Å². The fourth-order valence-electron chi connectivity index (χ4n) is 4.00. The van der Waals surface area contributed by atoms with Crippen molar-refractivity contribution in [2.45, 2.75) is 65.3 Å². The third kappa shape index (κ3) is 6.23. The number of benzene rings is 1. The van der Waals surface area contributed by atoms with Crippen LogP contribution in [0.5, 0.6) is 0 Å². The average molecular weight is 345 g/mol. The van der Waals surface area contributed by atoms with Gasteiger partial charge in [-0.2, -0.15) is 0 Å². The number of nitrogens with zero attached hydrogens (tertiary/aromatic N) is 1. The Morgan fingerprint density at radius 2 is 1.96 bits per heavy atom. The van der Waals surface area contributed by atoms with Gasteiger partial charge in [-0.3, -0.25) is 4.79 Å². The number of unbranched alkanes of at least 4 members (excludes halogenated alkanes) is 1. The molecule has 1 unspecified atom stereocenters. The Bertz CT molecular complexity index is 521. The molecule has 1 fully saturated rings. The third-order valence-electron chi connectivity index (χ3n) is 5.78. The molecular weight excluding hydrogens is 308 g/mol. The van der Waals surface area contributed by atoms with Gasteiger partial charge in [0.2, 0.25) is 0 Å². The van der Waals surface area contributed by atoms with Crippen LogP contribution in [-0.2, 0) is 6.54 Å². The first-order valence-electron chi connectivity index (χ1n) is 10.2. The van der Waals surface area contributed by atoms with E-state index in [4.69, 9.17) is 5.73 Å². The molecule has 140 valence electrons. The van der Waals surface area contributed by atoms with Gasteiger partial charge in [0.05, 0.1) is 0 Å². The molecule has 3 nitrogen and oxygen atoms in total. The minimum absolute atomic E-state index is 0.255. The van der Waals surface area contributed by atoms with Crippen LogP contribution in [0.25, 0.3) is 0 Å². The molecule has 1 aromatic carbocycles. The van der Waals surface area contributed by atoms with Crippen LogP contribution in [0.1, 0.15) is 74.7 Å². The molecule has 0 aliphatic carbocycles. The fourth-order valence-corrected chi connectivity index (χ4v) is 4.00. The molecule has 0 amide bonds. The Balaban J connectivity index is 1.83. The van der Waals surface area contributed by atoms with Crippen LogP contribution in [0.4, 0.5) is 0 Å². The topological polar surface area (TPSA) is 46.3 Å². The molecule has 1 aromatic rings. The van der Waals surface area contributed by atoms with Crippen molar-refractivity contribution in [2.75, 3.05) is 19.6 Å². The van der Waals surface area contributed by atoms with Crippen molar-refractivity contribution in [2.24, 2.45) is 17.6 Å². The summed E-state index contributed by atoms with van der Waals surface area (Å²) in [6, 6.07) is 7.79. The zero-order valence-corrected chi connectivity index (χ0v) is 16.2. The smallest absolute Gasteiger partial charge is 0.163 e. The number of rotatable bonds is 10. The summed E-state index contributed by atoms with van der Waals surface area (Å²) in [6.07, 6.45) is 8.45. The summed E-state index contributed by atoms with van der Waals surface area (Å²) in [5.41, 5.74) is 7.58. The van der Waals surface area contributed by atoms with Crippen molar-refractivity contribution < 1.29 is 4.79 Å². The number of nitrogens with two attached hydrogens (primary N) is 1. The van der Waals surface area contributed by atoms with E-state index in [9.17, 15) is 4.79 Å². The minimum atomic E-state index is 0.255. The highest BCUT2D eigenvalue weighted by Gasteiger charge is 2.23. The molecule has 3 heteroatoms. The van der Waals surface area contributed by atoms with Crippen molar-refractivity contribution in [1.82, 2.24) is 4.90 Å². The first-order valence-corrected chi connectivity index (χ1v) is 10.2. The van der Waals surface area contributed by atoms with E-state index in [2.05, 4.69) is 18.7 Å². The minimum Gasteiger partial charge on any atom is -0.326 e. The molecule has 1 saturated heterocycles. The standard InChI is InChI=1S/C22H36N2O/c1-3-5-8-19-11-13-24(14-12-19)17-18(4-2)15-22(25)21-10-7-6-9-20(21)16-23/h6-7,9-10,18-19H,3-5,8,11-17,23H2,1-2H3. The Hall–Kier alpha value is -1.19. The highest BCUT2D eigenvalue weighted by atomic mass is 16.1. The number of Topliss-reactive ketones (excluding diaryl/α,β-unsaturated/α-hetero) is 1. The number of ketones is 1. The van der Waals surface area contributed by atoms with Crippen LogP contribution in [0, 0.1) is 11.8 Å². The zero-order valence-electron chi connectivity index (χ0n) is 16.2. The van der Waals surface area contributed by atoms with E-state index in [-0.39, 0.29) is 5.78 Å². The molecule has 0 spiro atoms. The van der Waals surface area contributed by atoms with Gasteiger partial charge >= 0.3 is 0 Å². The number of likely N-dealkylation sites (tertiary alicyclic amines) is 1. The maximum atomic E-state index is 12.7. The van der Waals surface area contributed by atoms with Crippen LogP contribution in [0.3, 0.4) is 0 Å². The van der Waals surface area contributed by atoms with Gasteiger partial charge in [-0.25, -0.2) is 0 Å². The number of piperidine rings is 1. The van der Waals surface area contributed by atoms with E-state index in [1.807, 2.05) is 24.3 Å². The number of hydrogen-bond donors (Lipinski definition) is 1. The van der Waals surface area contributed by atoms with Gasteiger partial charge in [-0.1, -0.05) is 63.8 Å². The molecule has 25 heavy (non-hydrogen) atoms. The van der Waals surface area contributed by atoms with E-state index in [0.717, 1.165) is 30.0 Å². The summed E-state index contributed by atoms with van der Waals surface area (Å²) in [6.45, 7) is 8.40. The lowest BCUT2D eigenvalue weighted by Gasteiger charge is -2.34. The molecule has 0 saturated carbocycles. The Morgan fingerprint density at radius 3 is 2.60 bits per heavy atom. The highest BCUT2D eigenvalue weighted by molar-refractivity contribution is 5.97. The Morgan fingerprint density at radius 1 is 1.24 bits per heavy atom. The number of carbonyl (C=O) groups is 1. The lowest BCUT2D eigenvalue weighted by molar-refractivity contribution is 0.0927. The average Bonchev–Trinajstić information content (AvgIpc) is 2.66.